The Balaban J connectivity index is 1.67. The highest BCUT2D eigenvalue weighted by atomic mass is 16.6. The van der Waals surface area contributed by atoms with Crippen LogP contribution in [0.1, 0.15) is 50.3 Å². The Hall–Kier alpha value is -3.27. The second-order valence-electron chi connectivity index (χ2n) is 8.65. The minimum absolute atomic E-state index is 0.0317. The van der Waals surface area contributed by atoms with Gasteiger partial charge in [0.05, 0.1) is 0 Å². The Bertz CT molecular complexity index is 1020. The molecule has 0 amide bonds. The third-order valence-corrected chi connectivity index (χ3v) is 5.14. The Labute approximate surface area is 191 Å². The monoisotopic (exact) mass is 432 g/mol. The zero-order valence-corrected chi connectivity index (χ0v) is 19.5. The van der Waals surface area contributed by atoms with Crippen LogP contribution < -0.4 is 9.47 Å². The molecule has 0 bridgehead atoms. The van der Waals surface area contributed by atoms with Crippen LogP contribution in [0.4, 0.5) is 0 Å². The lowest BCUT2D eigenvalue weighted by atomic mass is 10.00. The van der Waals surface area contributed by atoms with E-state index in [0.29, 0.717) is 11.7 Å². The maximum Gasteiger partial charge on any atom is 0.347 e. The first kappa shape index (κ1) is 23.4. The van der Waals surface area contributed by atoms with Crippen LogP contribution in [-0.2, 0) is 16.1 Å². The topological polar surface area (TPSA) is 44.8 Å². The third-order valence-electron chi connectivity index (χ3n) is 5.14. The number of carbonyl (C=O) groups excluding carboxylic acids is 1. The van der Waals surface area contributed by atoms with Crippen molar-refractivity contribution in [2.45, 2.75) is 53.2 Å². The van der Waals surface area contributed by atoms with Crippen molar-refractivity contribution in [3.63, 3.8) is 0 Å². The molecule has 0 saturated carbocycles. The van der Waals surface area contributed by atoms with Gasteiger partial charge in [-0.05, 0) is 59.9 Å². The molecule has 0 aromatic heterocycles. The summed E-state index contributed by atoms with van der Waals surface area (Å²) in [6.45, 7) is 10.3. The van der Waals surface area contributed by atoms with Crippen molar-refractivity contribution < 1.29 is 19.0 Å². The van der Waals surface area contributed by atoms with Gasteiger partial charge in [-0.25, -0.2) is 4.79 Å². The van der Waals surface area contributed by atoms with Crippen LogP contribution in [0.5, 0.6) is 17.2 Å². The molecule has 3 aromatic carbocycles. The molecule has 0 radical (unpaired) electrons. The zero-order valence-electron chi connectivity index (χ0n) is 19.5. The standard InChI is InChI=1S/C28H32O4/c1-19(2)25-15-14-21(5)16-26(25)32-27(20(3)4)28(29)30-18-22-10-9-13-24(17-22)31-23-11-7-6-8-12-23/h6-17,19-20,27H,18H2,1-5H3. The van der Waals surface area contributed by atoms with Crippen LogP contribution in [0, 0.1) is 12.8 Å². The van der Waals surface area contributed by atoms with Gasteiger partial charge in [0.1, 0.15) is 23.9 Å². The largest absolute Gasteiger partial charge is 0.478 e. The smallest absolute Gasteiger partial charge is 0.347 e. The van der Waals surface area contributed by atoms with Gasteiger partial charge in [0.15, 0.2) is 6.10 Å². The van der Waals surface area contributed by atoms with E-state index in [1.807, 2.05) is 81.4 Å². The molecule has 4 nitrogen and oxygen atoms in total. The maximum absolute atomic E-state index is 12.9. The summed E-state index contributed by atoms with van der Waals surface area (Å²) in [5.41, 5.74) is 3.03. The van der Waals surface area contributed by atoms with E-state index in [-0.39, 0.29) is 18.5 Å². The van der Waals surface area contributed by atoms with Gasteiger partial charge in [0.2, 0.25) is 0 Å². The van der Waals surface area contributed by atoms with Crippen LogP contribution in [0.3, 0.4) is 0 Å². The number of carbonyl (C=O) groups is 1. The van der Waals surface area contributed by atoms with Crippen molar-refractivity contribution in [2.75, 3.05) is 0 Å². The Morgan fingerprint density at radius 2 is 1.56 bits per heavy atom. The molecule has 3 rings (SSSR count). The van der Waals surface area contributed by atoms with E-state index in [2.05, 4.69) is 26.0 Å². The molecule has 168 valence electrons. The molecule has 1 unspecified atom stereocenters. The number of benzene rings is 3. The van der Waals surface area contributed by atoms with Crippen LogP contribution in [-0.4, -0.2) is 12.1 Å². The number of hydrogen-bond acceptors (Lipinski definition) is 4. The molecule has 32 heavy (non-hydrogen) atoms. The van der Waals surface area contributed by atoms with Crippen LogP contribution >= 0.6 is 0 Å². The Morgan fingerprint density at radius 1 is 0.844 bits per heavy atom. The molecular weight excluding hydrogens is 400 g/mol. The fourth-order valence-electron chi connectivity index (χ4n) is 3.37. The first-order chi connectivity index (χ1) is 15.3. The summed E-state index contributed by atoms with van der Waals surface area (Å²) in [6.07, 6.45) is -0.682. The first-order valence-corrected chi connectivity index (χ1v) is 11.1. The van der Waals surface area contributed by atoms with Crippen molar-refractivity contribution >= 4 is 5.97 Å². The second-order valence-corrected chi connectivity index (χ2v) is 8.65. The van der Waals surface area contributed by atoms with E-state index >= 15 is 0 Å². The van der Waals surface area contributed by atoms with E-state index in [9.17, 15) is 4.79 Å². The van der Waals surface area contributed by atoms with Crippen molar-refractivity contribution in [3.8, 4) is 17.2 Å². The van der Waals surface area contributed by atoms with Crippen molar-refractivity contribution in [1.29, 1.82) is 0 Å². The highest BCUT2D eigenvalue weighted by Gasteiger charge is 2.27. The molecule has 4 heteroatoms. The molecule has 3 aromatic rings. The molecule has 1 atom stereocenters. The van der Waals surface area contributed by atoms with E-state index in [0.717, 1.165) is 28.2 Å². The van der Waals surface area contributed by atoms with E-state index in [1.165, 1.54) is 0 Å². The van der Waals surface area contributed by atoms with Crippen molar-refractivity contribution in [2.24, 2.45) is 5.92 Å². The van der Waals surface area contributed by atoms with E-state index in [4.69, 9.17) is 14.2 Å². The predicted molar refractivity (Wildman–Crippen MR) is 127 cm³/mol. The third kappa shape index (κ3) is 6.36. The number of aryl methyl sites for hydroxylation is 1. The Kier molecular flexibility index (Phi) is 7.93. The molecule has 0 spiro atoms. The number of para-hydroxylation sites is 1. The summed E-state index contributed by atoms with van der Waals surface area (Å²) in [5, 5.41) is 0. The predicted octanol–water partition coefficient (Wildman–Crippen LogP) is 7.06. The van der Waals surface area contributed by atoms with E-state index < -0.39 is 6.10 Å². The van der Waals surface area contributed by atoms with Gasteiger partial charge in [-0.2, -0.15) is 0 Å². The molecule has 0 heterocycles. The average Bonchev–Trinajstić information content (AvgIpc) is 2.76. The van der Waals surface area contributed by atoms with Gasteiger partial charge < -0.3 is 14.2 Å². The van der Waals surface area contributed by atoms with Gasteiger partial charge >= 0.3 is 5.97 Å². The molecular formula is C28H32O4. The first-order valence-electron chi connectivity index (χ1n) is 11.1. The summed E-state index contributed by atoms with van der Waals surface area (Å²) < 4.78 is 17.7. The van der Waals surface area contributed by atoms with Crippen LogP contribution in [0.25, 0.3) is 0 Å². The number of rotatable bonds is 9. The summed E-state index contributed by atoms with van der Waals surface area (Å²) in [7, 11) is 0. The molecule has 0 aliphatic heterocycles. The quantitative estimate of drug-likeness (QED) is 0.340. The summed E-state index contributed by atoms with van der Waals surface area (Å²) in [4.78, 5) is 12.9. The summed E-state index contributed by atoms with van der Waals surface area (Å²) in [5.74, 6) is 2.09. The van der Waals surface area contributed by atoms with Gasteiger partial charge in [-0.1, -0.05) is 70.2 Å². The van der Waals surface area contributed by atoms with Crippen molar-refractivity contribution in [1.82, 2.24) is 0 Å². The van der Waals surface area contributed by atoms with Gasteiger partial charge in [0.25, 0.3) is 0 Å². The fourth-order valence-corrected chi connectivity index (χ4v) is 3.37. The van der Waals surface area contributed by atoms with Crippen LogP contribution in [0.15, 0.2) is 72.8 Å². The highest BCUT2D eigenvalue weighted by molar-refractivity contribution is 5.75. The summed E-state index contributed by atoms with van der Waals surface area (Å²) >= 11 is 0. The molecule has 0 N–H and O–H groups in total. The lowest BCUT2D eigenvalue weighted by molar-refractivity contribution is -0.155. The zero-order chi connectivity index (χ0) is 23.1. The minimum Gasteiger partial charge on any atom is -0.478 e. The second kappa shape index (κ2) is 10.9. The number of hydrogen-bond donors (Lipinski definition) is 0. The molecule has 0 saturated heterocycles. The lowest BCUT2D eigenvalue weighted by Crippen LogP contribution is -2.34. The SMILES string of the molecule is Cc1ccc(C(C)C)c(OC(C(=O)OCc2cccc(Oc3ccccc3)c2)C(C)C)c1. The minimum atomic E-state index is -0.682. The average molecular weight is 433 g/mol. The highest BCUT2D eigenvalue weighted by Crippen LogP contribution is 2.30. The molecule has 0 aliphatic carbocycles. The van der Waals surface area contributed by atoms with Gasteiger partial charge in [-0.15, -0.1) is 0 Å². The normalized spacial score (nSPS) is 12.0. The lowest BCUT2D eigenvalue weighted by Gasteiger charge is -2.24. The van der Waals surface area contributed by atoms with Gasteiger partial charge in [-0.3, -0.25) is 0 Å². The Morgan fingerprint density at radius 3 is 2.25 bits per heavy atom. The molecule has 0 aliphatic rings. The summed E-state index contributed by atoms with van der Waals surface area (Å²) in [6, 6.07) is 23.3. The molecule has 0 fully saturated rings. The van der Waals surface area contributed by atoms with Crippen LogP contribution in [0.2, 0.25) is 0 Å². The van der Waals surface area contributed by atoms with E-state index in [1.54, 1.807) is 0 Å². The van der Waals surface area contributed by atoms with Crippen molar-refractivity contribution in [3.05, 3.63) is 89.5 Å². The fraction of sp³-hybridized carbons (Fsp3) is 0.321. The number of ether oxygens (including phenoxy) is 3. The van der Waals surface area contributed by atoms with Gasteiger partial charge in [0, 0.05) is 5.92 Å². The number of esters is 1. The maximum atomic E-state index is 12.9.